The van der Waals surface area contributed by atoms with E-state index in [2.05, 4.69) is 36.3 Å². The molecule has 1 aliphatic carbocycles. The maximum absolute atomic E-state index is 13.9. The Balaban J connectivity index is 1.78. The number of likely N-dealkylation sites (tertiary alicyclic amines) is 1. The zero-order valence-corrected chi connectivity index (χ0v) is 23.3. The molecule has 1 heterocycles. The van der Waals surface area contributed by atoms with E-state index in [1.807, 2.05) is 61.7 Å². The van der Waals surface area contributed by atoms with Crippen molar-refractivity contribution in [2.24, 2.45) is 5.92 Å². The maximum Gasteiger partial charge on any atom is 0.308 e. The molecule has 2 aliphatic rings. The molecule has 1 saturated carbocycles. The zero-order chi connectivity index (χ0) is 27.3. The standard InChI is InChI=1S/C32H42N2O4/c1-6-18-33-19-17-31(27-13-10-14-29(20-27)38-25(4)35)21-28(15-16-32(31,23-33)37-5)34(22-24(2)3)30(36)26-11-8-7-9-12-26/h6-14,20,24,28H,1,15-19,21-23H2,2-5H3/t28-,31?,32?/m1/s1. The number of carbonyl (C=O) groups excluding carboxylic acids is 2. The molecule has 0 bridgehead atoms. The average molecular weight is 519 g/mol. The molecule has 2 aromatic carbocycles. The summed E-state index contributed by atoms with van der Waals surface area (Å²) in [5.74, 6) is 0.637. The number of hydrogen-bond acceptors (Lipinski definition) is 5. The predicted molar refractivity (Wildman–Crippen MR) is 150 cm³/mol. The van der Waals surface area contributed by atoms with Crippen molar-refractivity contribution in [1.82, 2.24) is 9.80 Å². The average Bonchev–Trinajstić information content (AvgIpc) is 2.91. The highest BCUT2D eigenvalue weighted by molar-refractivity contribution is 5.94. The number of amides is 1. The zero-order valence-electron chi connectivity index (χ0n) is 23.3. The van der Waals surface area contributed by atoms with Gasteiger partial charge in [0.2, 0.25) is 0 Å². The van der Waals surface area contributed by atoms with Gasteiger partial charge in [-0.05, 0) is 68.0 Å². The highest BCUT2D eigenvalue weighted by Gasteiger charge is 2.59. The maximum atomic E-state index is 13.9. The van der Waals surface area contributed by atoms with Crippen LogP contribution in [-0.2, 0) is 14.9 Å². The van der Waals surface area contributed by atoms with Crippen molar-refractivity contribution >= 4 is 11.9 Å². The van der Waals surface area contributed by atoms with Crippen LogP contribution in [0.1, 0.15) is 62.4 Å². The summed E-state index contributed by atoms with van der Waals surface area (Å²) in [7, 11) is 1.82. The first-order valence-electron chi connectivity index (χ1n) is 13.8. The molecule has 1 amide bonds. The summed E-state index contributed by atoms with van der Waals surface area (Å²) in [6.07, 6.45) is 5.32. The monoisotopic (exact) mass is 518 g/mol. The molecule has 204 valence electrons. The molecule has 2 aromatic rings. The quantitative estimate of drug-likeness (QED) is 0.250. The molecule has 0 spiro atoms. The minimum atomic E-state index is -0.432. The Morgan fingerprint density at radius 2 is 1.92 bits per heavy atom. The second-order valence-electron chi connectivity index (χ2n) is 11.3. The first kappa shape index (κ1) is 28.1. The summed E-state index contributed by atoms with van der Waals surface area (Å²) >= 11 is 0. The Morgan fingerprint density at radius 1 is 1.16 bits per heavy atom. The van der Waals surface area contributed by atoms with Crippen LogP contribution in [0.25, 0.3) is 0 Å². The van der Waals surface area contributed by atoms with Crippen molar-refractivity contribution in [1.29, 1.82) is 0 Å². The van der Waals surface area contributed by atoms with Crippen molar-refractivity contribution in [2.45, 2.75) is 63.5 Å². The summed E-state index contributed by atoms with van der Waals surface area (Å²) in [6.45, 7) is 12.9. The fourth-order valence-corrected chi connectivity index (χ4v) is 6.73. The number of carbonyl (C=O) groups is 2. The number of hydrogen-bond donors (Lipinski definition) is 0. The Kier molecular flexibility index (Phi) is 8.74. The first-order valence-corrected chi connectivity index (χ1v) is 13.8. The number of ether oxygens (including phenoxy) is 2. The lowest BCUT2D eigenvalue weighted by Crippen LogP contribution is -2.68. The lowest BCUT2D eigenvalue weighted by Gasteiger charge is -2.60. The van der Waals surface area contributed by atoms with E-state index in [9.17, 15) is 9.59 Å². The van der Waals surface area contributed by atoms with Crippen LogP contribution in [0.5, 0.6) is 5.75 Å². The third-order valence-corrected chi connectivity index (χ3v) is 8.38. The summed E-state index contributed by atoms with van der Waals surface area (Å²) in [5.41, 5.74) is 1.06. The fourth-order valence-electron chi connectivity index (χ4n) is 6.73. The van der Waals surface area contributed by atoms with Crippen LogP contribution in [-0.4, -0.2) is 66.6 Å². The van der Waals surface area contributed by atoms with E-state index in [0.717, 1.165) is 56.4 Å². The molecule has 38 heavy (non-hydrogen) atoms. The molecule has 6 nitrogen and oxygen atoms in total. The number of nitrogens with zero attached hydrogens (tertiary/aromatic N) is 2. The second kappa shape index (κ2) is 11.8. The topological polar surface area (TPSA) is 59.1 Å². The molecule has 0 N–H and O–H groups in total. The SMILES string of the molecule is C=CCN1CCC2(c3cccc(OC(C)=O)c3)C[C@H](N(CC(C)C)C(=O)c3ccccc3)CCC2(OC)C1. The number of rotatable bonds is 9. The normalized spacial score (nSPS) is 25.4. The molecule has 6 heteroatoms. The van der Waals surface area contributed by atoms with Gasteiger partial charge in [0.25, 0.3) is 5.91 Å². The number of methoxy groups -OCH3 is 1. The number of fused-ring (bicyclic) bond motifs is 1. The van der Waals surface area contributed by atoms with E-state index in [1.54, 1.807) is 0 Å². The van der Waals surface area contributed by atoms with Gasteiger partial charge in [-0.3, -0.25) is 14.5 Å². The van der Waals surface area contributed by atoms with Crippen molar-refractivity contribution < 1.29 is 19.1 Å². The number of esters is 1. The predicted octanol–water partition coefficient (Wildman–Crippen LogP) is 5.48. The largest absolute Gasteiger partial charge is 0.427 e. The molecule has 3 atom stereocenters. The molecule has 1 saturated heterocycles. The van der Waals surface area contributed by atoms with Gasteiger partial charge in [0.1, 0.15) is 5.75 Å². The highest BCUT2D eigenvalue weighted by Crippen LogP contribution is 2.54. The van der Waals surface area contributed by atoms with Gasteiger partial charge in [-0.2, -0.15) is 0 Å². The van der Waals surface area contributed by atoms with E-state index in [1.165, 1.54) is 6.92 Å². The lowest BCUT2D eigenvalue weighted by atomic mass is 9.55. The molecule has 1 aliphatic heterocycles. The van der Waals surface area contributed by atoms with Crippen LogP contribution >= 0.6 is 0 Å². The molecule has 2 unspecified atom stereocenters. The van der Waals surface area contributed by atoms with E-state index >= 15 is 0 Å². The van der Waals surface area contributed by atoms with Gasteiger partial charge in [-0.1, -0.05) is 50.3 Å². The van der Waals surface area contributed by atoms with Crippen molar-refractivity contribution in [2.75, 3.05) is 33.3 Å². The molecule has 0 aromatic heterocycles. The Hall–Kier alpha value is -2.96. The number of piperidine rings is 1. The van der Waals surface area contributed by atoms with Crippen LogP contribution in [0, 0.1) is 5.92 Å². The fraction of sp³-hybridized carbons (Fsp3) is 0.500. The lowest BCUT2D eigenvalue weighted by molar-refractivity contribution is -0.153. The van der Waals surface area contributed by atoms with Gasteiger partial charge < -0.3 is 14.4 Å². The van der Waals surface area contributed by atoms with E-state index in [4.69, 9.17) is 9.47 Å². The molecule has 4 rings (SSSR count). The van der Waals surface area contributed by atoms with Crippen LogP contribution in [0.3, 0.4) is 0 Å². The Bertz CT molecular complexity index is 1130. The van der Waals surface area contributed by atoms with E-state index in [-0.39, 0.29) is 23.3 Å². The Labute approximate surface area is 227 Å². The minimum Gasteiger partial charge on any atom is -0.427 e. The van der Waals surface area contributed by atoms with Gasteiger partial charge in [-0.25, -0.2) is 0 Å². The third-order valence-electron chi connectivity index (χ3n) is 8.38. The minimum absolute atomic E-state index is 0.0664. The van der Waals surface area contributed by atoms with E-state index in [0.29, 0.717) is 18.2 Å². The third kappa shape index (κ3) is 5.57. The van der Waals surface area contributed by atoms with Crippen LogP contribution in [0.2, 0.25) is 0 Å². The Morgan fingerprint density at radius 3 is 2.58 bits per heavy atom. The first-order chi connectivity index (χ1) is 18.2. The molecular formula is C32H42N2O4. The summed E-state index contributed by atoms with van der Waals surface area (Å²) in [5, 5.41) is 0. The summed E-state index contributed by atoms with van der Waals surface area (Å²) in [6, 6.07) is 17.6. The summed E-state index contributed by atoms with van der Waals surface area (Å²) in [4.78, 5) is 30.1. The van der Waals surface area contributed by atoms with E-state index < -0.39 is 5.60 Å². The highest BCUT2D eigenvalue weighted by atomic mass is 16.5. The van der Waals surface area contributed by atoms with Crippen molar-refractivity contribution in [3.8, 4) is 5.75 Å². The van der Waals surface area contributed by atoms with Crippen molar-refractivity contribution in [3.63, 3.8) is 0 Å². The van der Waals surface area contributed by atoms with Crippen LogP contribution in [0.15, 0.2) is 67.3 Å². The summed E-state index contributed by atoms with van der Waals surface area (Å²) < 4.78 is 12.0. The van der Waals surface area contributed by atoms with Gasteiger partial charge in [0.05, 0.1) is 5.60 Å². The van der Waals surface area contributed by atoms with Gasteiger partial charge in [0, 0.05) is 50.7 Å². The number of benzene rings is 2. The second-order valence-corrected chi connectivity index (χ2v) is 11.3. The molecular weight excluding hydrogens is 476 g/mol. The van der Waals surface area contributed by atoms with Crippen LogP contribution in [0.4, 0.5) is 0 Å². The van der Waals surface area contributed by atoms with Crippen LogP contribution < -0.4 is 4.74 Å². The van der Waals surface area contributed by atoms with Gasteiger partial charge >= 0.3 is 5.97 Å². The molecule has 2 fully saturated rings. The smallest absolute Gasteiger partial charge is 0.308 e. The molecule has 0 radical (unpaired) electrons. The van der Waals surface area contributed by atoms with Gasteiger partial charge in [-0.15, -0.1) is 6.58 Å². The van der Waals surface area contributed by atoms with Crippen molar-refractivity contribution in [3.05, 3.63) is 78.4 Å². The van der Waals surface area contributed by atoms with Gasteiger partial charge in [0.15, 0.2) is 0 Å².